The molecule has 0 fully saturated rings. The van der Waals surface area contributed by atoms with Gasteiger partial charge < -0.3 is 10.2 Å². The average molecular weight is 655 g/mol. The van der Waals surface area contributed by atoms with Gasteiger partial charge in [-0.15, -0.1) is 0 Å². The van der Waals surface area contributed by atoms with Gasteiger partial charge in [-0.05, 0) is 80.4 Å². The highest BCUT2D eigenvalue weighted by Crippen LogP contribution is 2.27. The number of hydrogen-bond acceptors (Lipinski definition) is 4. The van der Waals surface area contributed by atoms with E-state index in [1.807, 2.05) is 38.1 Å². The lowest BCUT2D eigenvalue weighted by molar-refractivity contribution is -0.139. The first-order valence-corrected chi connectivity index (χ1v) is 15.3. The van der Waals surface area contributed by atoms with Gasteiger partial charge in [0.2, 0.25) is 11.8 Å². The summed E-state index contributed by atoms with van der Waals surface area (Å²) in [6.45, 7) is 5.00. The van der Waals surface area contributed by atoms with Crippen LogP contribution in [0.2, 0.25) is 10.0 Å². The largest absolute Gasteiger partial charge is 0.352 e. The van der Waals surface area contributed by atoms with Crippen molar-refractivity contribution in [2.45, 2.75) is 50.7 Å². The molecule has 0 heterocycles. The Bertz CT molecular complexity index is 1420. The molecule has 0 saturated heterocycles. The molecule has 39 heavy (non-hydrogen) atoms. The third kappa shape index (κ3) is 8.20. The summed E-state index contributed by atoms with van der Waals surface area (Å²) in [4.78, 5) is 28.3. The van der Waals surface area contributed by atoms with Gasteiger partial charge in [0.15, 0.2) is 0 Å². The van der Waals surface area contributed by atoms with Crippen molar-refractivity contribution in [1.82, 2.24) is 10.2 Å². The average Bonchev–Trinajstić information content (AvgIpc) is 2.89. The summed E-state index contributed by atoms with van der Waals surface area (Å²) in [7, 11) is -4.20. The third-order valence-corrected chi connectivity index (χ3v) is 8.96. The highest BCUT2D eigenvalue weighted by Gasteiger charge is 2.33. The van der Waals surface area contributed by atoms with Crippen LogP contribution in [0.1, 0.15) is 32.8 Å². The molecule has 2 atom stereocenters. The molecule has 7 nitrogen and oxygen atoms in total. The lowest BCUT2D eigenvalue weighted by atomic mass is 10.1. The number of amides is 2. The van der Waals surface area contributed by atoms with Crippen molar-refractivity contribution in [2.75, 3.05) is 10.8 Å². The van der Waals surface area contributed by atoms with Gasteiger partial charge in [-0.25, -0.2) is 8.42 Å². The molecule has 0 aromatic heterocycles. The lowest BCUT2D eigenvalue weighted by Gasteiger charge is -2.32. The van der Waals surface area contributed by atoms with Crippen LogP contribution in [-0.2, 0) is 26.2 Å². The molecule has 11 heteroatoms. The van der Waals surface area contributed by atoms with Crippen LogP contribution in [0.3, 0.4) is 0 Å². The Morgan fingerprint density at radius 1 is 0.949 bits per heavy atom. The Balaban J connectivity index is 2.03. The highest BCUT2D eigenvalue weighted by atomic mass is 79.9. The van der Waals surface area contributed by atoms with Crippen LogP contribution in [0, 0.1) is 0 Å². The Labute approximate surface area is 248 Å². The molecule has 3 rings (SSSR count). The van der Waals surface area contributed by atoms with Crippen molar-refractivity contribution in [2.24, 2.45) is 0 Å². The van der Waals surface area contributed by atoms with Crippen molar-refractivity contribution in [3.63, 3.8) is 0 Å². The predicted octanol–water partition coefficient (Wildman–Crippen LogP) is 6.28. The van der Waals surface area contributed by atoms with Gasteiger partial charge in [0.1, 0.15) is 12.6 Å². The van der Waals surface area contributed by atoms with E-state index >= 15 is 0 Å². The molecule has 0 spiro atoms. The lowest BCUT2D eigenvalue weighted by Crippen LogP contribution is -2.52. The molecule has 0 unspecified atom stereocenters. The SMILES string of the molecule is CC[C@H](C)NC(=O)[C@H](C)N(Cc1cccc(Br)c1)C(=O)CN(c1cccc(Cl)c1)S(=O)(=O)c1ccc(Cl)cc1. The van der Waals surface area contributed by atoms with Crippen LogP contribution in [0.5, 0.6) is 0 Å². The quantitative estimate of drug-likeness (QED) is 0.264. The summed E-state index contributed by atoms with van der Waals surface area (Å²) in [5.41, 5.74) is 0.987. The first kappa shape index (κ1) is 30.9. The molecular weight excluding hydrogens is 625 g/mol. The minimum atomic E-state index is -4.20. The van der Waals surface area contributed by atoms with Crippen molar-refractivity contribution in [3.05, 3.63) is 92.9 Å². The van der Waals surface area contributed by atoms with Crippen molar-refractivity contribution in [1.29, 1.82) is 0 Å². The Morgan fingerprint density at radius 2 is 1.62 bits per heavy atom. The smallest absolute Gasteiger partial charge is 0.264 e. The number of halogens is 3. The van der Waals surface area contributed by atoms with E-state index in [-0.39, 0.29) is 29.1 Å². The van der Waals surface area contributed by atoms with Gasteiger partial charge in [-0.2, -0.15) is 0 Å². The molecule has 3 aromatic carbocycles. The number of rotatable bonds is 11. The first-order valence-electron chi connectivity index (χ1n) is 12.3. The van der Waals surface area contributed by atoms with E-state index in [1.165, 1.54) is 35.2 Å². The van der Waals surface area contributed by atoms with E-state index in [4.69, 9.17) is 23.2 Å². The molecule has 2 amide bonds. The zero-order valence-electron chi connectivity index (χ0n) is 21.8. The summed E-state index contributed by atoms with van der Waals surface area (Å²) >= 11 is 15.6. The maximum Gasteiger partial charge on any atom is 0.264 e. The van der Waals surface area contributed by atoms with Gasteiger partial charge in [-0.3, -0.25) is 13.9 Å². The van der Waals surface area contributed by atoms with Gasteiger partial charge in [0.25, 0.3) is 10.0 Å². The second kappa shape index (κ2) is 13.7. The van der Waals surface area contributed by atoms with Crippen LogP contribution >= 0.6 is 39.1 Å². The minimum absolute atomic E-state index is 0.0409. The van der Waals surface area contributed by atoms with Gasteiger partial charge in [0.05, 0.1) is 10.6 Å². The van der Waals surface area contributed by atoms with Crippen LogP contribution in [-0.4, -0.2) is 43.8 Å². The van der Waals surface area contributed by atoms with Crippen molar-refractivity contribution in [3.8, 4) is 0 Å². The standard InChI is InChI=1S/C28H30BrCl2N3O4S/c1-4-19(2)32-28(36)20(3)33(17-21-7-5-8-22(29)15-21)27(35)18-34(25-10-6-9-24(31)16-25)39(37,38)26-13-11-23(30)12-14-26/h5-16,19-20H,4,17-18H2,1-3H3,(H,32,36)/t19-,20-/m0/s1. The highest BCUT2D eigenvalue weighted by molar-refractivity contribution is 9.10. The molecule has 0 aliphatic rings. The number of nitrogens with zero attached hydrogens (tertiary/aromatic N) is 2. The number of carbonyl (C=O) groups is 2. The molecule has 3 aromatic rings. The number of carbonyl (C=O) groups excluding carboxylic acids is 2. The molecule has 0 aliphatic carbocycles. The van der Waals surface area contributed by atoms with E-state index in [1.54, 1.807) is 25.1 Å². The van der Waals surface area contributed by atoms with Crippen LogP contribution in [0.4, 0.5) is 5.69 Å². The van der Waals surface area contributed by atoms with Gasteiger partial charge in [0, 0.05) is 27.1 Å². The van der Waals surface area contributed by atoms with E-state index in [0.29, 0.717) is 10.0 Å². The molecule has 208 valence electrons. The second-order valence-corrected chi connectivity index (χ2v) is 12.7. The fourth-order valence-electron chi connectivity index (χ4n) is 3.77. The van der Waals surface area contributed by atoms with E-state index < -0.39 is 28.5 Å². The Morgan fingerprint density at radius 3 is 2.23 bits per heavy atom. The summed E-state index contributed by atoms with van der Waals surface area (Å²) < 4.78 is 29.4. The Hall–Kier alpha value is -2.59. The van der Waals surface area contributed by atoms with Crippen LogP contribution in [0.25, 0.3) is 0 Å². The molecule has 0 bridgehead atoms. The van der Waals surface area contributed by atoms with E-state index in [0.717, 1.165) is 20.8 Å². The second-order valence-electron chi connectivity index (χ2n) is 9.09. The Kier molecular flexibility index (Phi) is 10.8. The van der Waals surface area contributed by atoms with E-state index in [2.05, 4.69) is 21.2 Å². The number of anilines is 1. The number of benzene rings is 3. The first-order chi connectivity index (χ1) is 18.4. The summed E-state index contributed by atoms with van der Waals surface area (Å²) in [5, 5.41) is 3.60. The van der Waals surface area contributed by atoms with Gasteiger partial charge >= 0.3 is 0 Å². The maximum atomic E-state index is 13.9. The number of sulfonamides is 1. The van der Waals surface area contributed by atoms with Crippen LogP contribution < -0.4 is 9.62 Å². The fraction of sp³-hybridized carbons (Fsp3) is 0.286. The maximum absolute atomic E-state index is 13.9. The van der Waals surface area contributed by atoms with Crippen LogP contribution in [0.15, 0.2) is 82.2 Å². The molecule has 0 radical (unpaired) electrons. The summed E-state index contributed by atoms with van der Waals surface area (Å²) in [6, 6.07) is 18.3. The van der Waals surface area contributed by atoms with E-state index in [9.17, 15) is 18.0 Å². The zero-order valence-corrected chi connectivity index (χ0v) is 25.7. The normalized spacial score (nSPS) is 12.9. The monoisotopic (exact) mass is 653 g/mol. The third-order valence-electron chi connectivity index (χ3n) is 6.19. The molecule has 1 N–H and O–H groups in total. The van der Waals surface area contributed by atoms with Crippen molar-refractivity contribution >= 4 is 66.7 Å². The number of nitrogens with one attached hydrogen (secondary N) is 1. The molecule has 0 saturated carbocycles. The minimum Gasteiger partial charge on any atom is -0.352 e. The topological polar surface area (TPSA) is 86.8 Å². The van der Waals surface area contributed by atoms with Gasteiger partial charge in [-0.1, -0.05) is 64.3 Å². The molecule has 0 aliphatic heterocycles. The zero-order chi connectivity index (χ0) is 28.7. The summed E-state index contributed by atoms with van der Waals surface area (Å²) in [5.74, 6) is -0.887. The summed E-state index contributed by atoms with van der Waals surface area (Å²) in [6.07, 6.45) is 0.722. The fourth-order valence-corrected chi connectivity index (χ4v) is 5.94. The number of hydrogen-bond donors (Lipinski definition) is 1. The molecular formula is C28H30BrCl2N3O4S. The predicted molar refractivity (Wildman–Crippen MR) is 159 cm³/mol. The van der Waals surface area contributed by atoms with Crippen molar-refractivity contribution < 1.29 is 18.0 Å².